The Morgan fingerprint density at radius 1 is 1.11 bits per heavy atom. The highest BCUT2D eigenvalue weighted by Gasteiger charge is 2.29. The number of anilines is 2. The molecule has 2 aromatic carbocycles. The molecule has 0 aliphatic heterocycles. The van der Waals surface area contributed by atoms with Crippen molar-refractivity contribution in [3.63, 3.8) is 0 Å². The summed E-state index contributed by atoms with van der Waals surface area (Å²) >= 11 is 0. The summed E-state index contributed by atoms with van der Waals surface area (Å²) in [6.07, 6.45) is 1.05. The van der Waals surface area contributed by atoms with Crippen molar-refractivity contribution in [2.45, 2.75) is 19.9 Å². The number of carbonyl (C=O) groups is 2. The predicted molar refractivity (Wildman–Crippen MR) is 104 cm³/mol. The van der Waals surface area contributed by atoms with Crippen LogP contribution in [0.25, 0.3) is 0 Å². The predicted octanol–water partition coefficient (Wildman–Crippen LogP) is 2.66. The Kier molecular flexibility index (Phi) is 6.57. The van der Waals surface area contributed by atoms with E-state index in [-0.39, 0.29) is 6.61 Å². The molecular weight excluding hydrogens is 368 g/mol. The van der Waals surface area contributed by atoms with Crippen LogP contribution in [0, 0.1) is 0 Å². The molecule has 1 atom stereocenters. The van der Waals surface area contributed by atoms with Crippen LogP contribution >= 0.6 is 0 Å². The lowest BCUT2D eigenvalue weighted by Gasteiger charge is -2.28. The highest BCUT2D eigenvalue weighted by atomic mass is 32.2. The van der Waals surface area contributed by atoms with Gasteiger partial charge in [0.2, 0.25) is 15.9 Å². The van der Waals surface area contributed by atoms with E-state index < -0.39 is 27.9 Å². The lowest BCUT2D eigenvalue weighted by atomic mass is 10.2. The Bertz CT molecular complexity index is 913. The lowest BCUT2D eigenvalue weighted by molar-refractivity contribution is -0.116. The highest BCUT2D eigenvalue weighted by molar-refractivity contribution is 7.92. The van der Waals surface area contributed by atoms with Crippen LogP contribution in [0.4, 0.5) is 11.4 Å². The first-order chi connectivity index (χ1) is 12.7. The van der Waals surface area contributed by atoms with Crippen LogP contribution in [0.5, 0.6) is 0 Å². The normalized spacial score (nSPS) is 12.1. The van der Waals surface area contributed by atoms with E-state index in [4.69, 9.17) is 4.74 Å². The van der Waals surface area contributed by atoms with Crippen LogP contribution in [0.2, 0.25) is 0 Å². The van der Waals surface area contributed by atoms with Gasteiger partial charge in [-0.3, -0.25) is 9.10 Å². The highest BCUT2D eigenvalue weighted by Crippen LogP contribution is 2.21. The first-order valence-electron chi connectivity index (χ1n) is 8.36. The van der Waals surface area contributed by atoms with Gasteiger partial charge in [-0.25, -0.2) is 13.2 Å². The third kappa shape index (κ3) is 5.30. The second-order valence-corrected chi connectivity index (χ2v) is 7.72. The van der Waals surface area contributed by atoms with E-state index in [0.717, 1.165) is 10.6 Å². The number of esters is 1. The van der Waals surface area contributed by atoms with Gasteiger partial charge in [-0.05, 0) is 44.2 Å². The van der Waals surface area contributed by atoms with Crippen molar-refractivity contribution in [2.24, 2.45) is 0 Å². The Morgan fingerprint density at radius 2 is 1.78 bits per heavy atom. The van der Waals surface area contributed by atoms with Crippen molar-refractivity contribution < 1.29 is 22.7 Å². The zero-order valence-electron chi connectivity index (χ0n) is 15.4. The number of rotatable bonds is 7. The van der Waals surface area contributed by atoms with Gasteiger partial charge in [0.25, 0.3) is 0 Å². The summed E-state index contributed by atoms with van der Waals surface area (Å²) in [5.41, 5.74) is 1.06. The average molecular weight is 390 g/mol. The third-order valence-electron chi connectivity index (χ3n) is 3.74. The van der Waals surface area contributed by atoms with Crippen LogP contribution in [0.3, 0.4) is 0 Å². The summed E-state index contributed by atoms with van der Waals surface area (Å²) in [5.74, 6) is -1.02. The van der Waals surface area contributed by atoms with Gasteiger partial charge in [-0.1, -0.05) is 24.3 Å². The molecule has 2 aromatic rings. The first-order valence-corrected chi connectivity index (χ1v) is 10.2. The second-order valence-electron chi connectivity index (χ2n) is 5.86. The number of nitrogens with one attached hydrogen (secondary N) is 1. The molecule has 0 bridgehead atoms. The number of amides is 1. The standard InChI is InChI=1S/C19H22N2O5S/c1-4-26-19(23)15-9-8-10-16(13-15)20-18(22)14(2)21(27(3,24)25)17-11-6-5-7-12-17/h5-14H,4H2,1-3H3,(H,20,22)/t14-/m0/s1. The summed E-state index contributed by atoms with van der Waals surface area (Å²) in [5, 5.41) is 2.65. The minimum Gasteiger partial charge on any atom is -0.462 e. The molecule has 0 aromatic heterocycles. The fourth-order valence-electron chi connectivity index (χ4n) is 2.57. The number of hydrogen-bond donors (Lipinski definition) is 1. The summed E-state index contributed by atoms with van der Waals surface area (Å²) < 4.78 is 30.5. The number of para-hydroxylation sites is 1. The fourth-order valence-corrected chi connectivity index (χ4v) is 3.74. The number of ether oxygens (including phenoxy) is 1. The lowest BCUT2D eigenvalue weighted by Crippen LogP contribution is -2.45. The topological polar surface area (TPSA) is 92.8 Å². The molecule has 0 aliphatic rings. The monoisotopic (exact) mass is 390 g/mol. The Balaban J connectivity index is 2.23. The van der Waals surface area contributed by atoms with E-state index in [0.29, 0.717) is 16.9 Å². The average Bonchev–Trinajstić information content (AvgIpc) is 2.62. The molecule has 144 valence electrons. The number of sulfonamides is 1. The molecule has 8 heteroatoms. The molecule has 1 N–H and O–H groups in total. The molecule has 0 aliphatic carbocycles. The maximum atomic E-state index is 12.6. The molecule has 0 radical (unpaired) electrons. The van der Waals surface area contributed by atoms with Crippen LogP contribution in [-0.2, 0) is 19.6 Å². The minimum atomic E-state index is -3.69. The molecule has 7 nitrogen and oxygen atoms in total. The molecule has 0 fully saturated rings. The third-order valence-corrected chi connectivity index (χ3v) is 4.98. The van der Waals surface area contributed by atoms with Crippen molar-refractivity contribution >= 4 is 33.3 Å². The molecular formula is C19H22N2O5S. The molecule has 0 saturated heterocycles. The maximum absolute atomic E-state index is 12.6. The van der Waals surface area contributed by atoms with Crippen LogP contribution in [0.15, 0.2) is 54.6 Å². The molecule has 0 saturated carbocycles. The number of carbonyl (C=O) groups excluding carboxylic acids is 2. The first kappa shape index (κ1) is 20.4. The Hall–Kier alpha value is -2.87. The van der Waals surface area contributed by atoms with Crippen molar-refractivity contribution in [3.8, 4) is 0 Å². The van der Waals surface area contributed by atoms with E-state index in [1.165, 1.54) is 13.0 Å². The largest absolute Gasteiger partial charge is 0.462 e. The van der Waals surface area contributed by atoms with Crippen LogP contribution in [0.1, 0.15) is 24.2 Å². The zero-order chi connectivity index (χ0) is 20.0. The van der Waals surface area contributed by atoms with E-state index in [1.54, 1.807) is 55.5 Å². The smallest absolute Gasteiger partial charge is 0.338 e. The van der Waals surface area contributed by atoms with E-state index in [1.807, 2.05) is 0 Å². The van der Waals surface area contributed by atoms with Gasteiger partial charge in [0.15, 0.2) is 0 Å². The van der Waals surface area contributed by atoms with Gasteiger partial charge in [0, 0.05) is 5.69 Å². The SMILES string of the molecule is CCOC(=O)c1cccc(NC(=O)[C@H](C)N(c2ccccc2)S(C)(=O)=O)c1. The van der Waals surface area contributed by atoms with Crippen molar-refractivity contribution in [1.82, 2.24) is 0 Å². The zero-order valence-corrected chi connectivity index (χ0v) is 16.2. The minimum absolute atomic E-state index is 0.243. The van der Waals surface area contributed by atoms with E-state index in [9.17, 15) is 18.0 Å². The van der Waals surface area contributed by atoms with Crippen LogP contribution in [-0.4, -0.2) is 39.2 Å². The van der Waals surface area contributed by atoms with Gasteiger partial charge in [-0.15, -0.1) is 0 Å². The molecule has 2 rings (SSSR count). The maximum Gasteiger partial charge on any atom is 0.338 e. The Morgan fingerprint density at radius 3 is 2.37 bits per heavy atom. The van der Waals surface area contributed by atoms with Gasteiger partial charge in [-0.2, -0.15) is 0 Å². The number of nitrogens with zero attached hydrogens (tertiary/aromatic N) is 1. The summed E-state index contributed by atoms with van der Waals surface area (Å²) in [7, 11) is -3.69. The van der Waals surface area contributed by atoms with Crippen molar-refractivity contribution in [1.29, 1.82) is 0 Å². The van der Waals surface area contributed by atoms with Gasteiger partial charge >= 0.3 is 5.97 Å². The summed E-state index contributed by atoms with van der Waals surface area (Å²) in [6, 6.07) is 13.7. The molecule has 0 heterocycles. The molecule has 1 amide bonds. The second kappa shape index (κ2) is 8.68. The fraction of sp³-hybridized carbons (Fsp3) is 0.263. The summed E-state index contributed by atoms with van der Waals surface area (Å²) in [4.78, 5) is 24.5. The van der Waals surface area contributed by atoms with Crippen LogP contribution < -0.4 is 9.62 Å². The van der Waals surface area contributed by atoms with Gasteiger partial charge in [0.1, 0.15) is 6.04 Å². The van der Waals surface area contributed by atoms with Crippen molar-refractivity contribution in [3.05, 3.63) is 60.2 Å². The quantitative estimate of drug-likeness (QED) is 0.734. The van der Waals surface area contributed by atoms with Gasteiger partial charge in [0.05, 0.1) is 24.1 Å². The molecule has 27 heavy (non-hydrogen) atoms. The Labute approximate surface area is 159 Å². The van der Waals surface area contributed by atoms with E-state index in [2.05, 4.69) is 5.32 Å². The van der Waals surface area contributed by atoms with Crippen molar-refractivity contribution in [2.75, 3.05) is 22.5 Å². The molecule has 0 spiro atoms. The van der Waals surface area contributed by atoms with Gasteiger partial charge < -0.3 is 10.1 Å². The summed E-state index contributed by atoms with van der Waals surface area (Å²) in [6.45, 7) is 3.44. The van der Waals surface area contributed by atoms with E-state index >= 15 is 0 Å². The molecule has 0 unspecified atom stereocenters. The number of hydrogen-bond acceptors (Lipinski definition) is 5. The number of benzene rings is 2.